The highest BCUT2D eigenvalue weighted by Gasteiger charge is 2.02. The van der Waals surface area contributed by atoms with Gasteiger partial charge in [-0.1, -0.05) is 12.6 Å². The van der Waals surface area contributed by atoms with E-state index in [4.69, 9.17) is 0 Å². The Bertz CT molecular complexity index is 722. The summed E-state index contributed by atoms with van der Waals surface area (Å²) in [6.45, 7) is 4.02. The zero-order valence-electron chi connectivity index (χ0n) is 11.4. The molecule has 0 bridgehead atoms. The van der Waals surface area contributed by atoms with Crippen molar-refractivity contribution in [2.45, 2.75) is 0 Å². The molecule has 0 amide bonds. The Kier molecular flexibility index (Phi) is 3.69. The fraction of sp³-hybridized carbons (Fsp3) is 0. The summed E-state index contributed by atoms with van der Waals surface area (Å²) in [4.78, 5) is 12.7. The number of aromatic nitrogens is 3. The maximum atomic E-state index is 4.42. The molecule has 0 saturated carbocycles. The normalized spacial score (nSPS) is 10.1. The van der Waals surface area contributed by atoms with E-state index in [0.717, 1.165) is 28.3 Å². The minimum absolute atomic E-state index is 0.810. The first-order valence-corrected chi connectivity index (χ1v) is 6.57. The van der Waals surface area contributed by atoms with E-state index in [-0.39, 0.29) is 0 Å². The van der Waals surface area contributed by atoms with Gasteiger partial charge in [0.15, 0.2) is 0 Å². The molecular formula is C17H14N4. The van der Waals surface area contributed by atoms with Crippen molar-refractivity contribution in [2.75, 3.05) is 5.32 Å². The molecule has 0 aliphatic heterocycles. The molecule has 3 heterocycles. The number of nitrogens with one attached hydrogen (secondary N) is 1. The summed E-state index contributed by atoms with van der Waals surface area (Å²) in [6, 6.07) is 13.5. The first-order valence-electron chi connectivity index (χ1n) is 6.57. The lowest BCUT2D eigenvalue weighted by Gasteiger charge is -2.09. The van der Waals surface area contributed by atoms with E-state index in [1.165, 1.54) is 0 Å². The van der Waals surface area contributed by atoms with Gasteiger partial charge in [-0.2, -0.15) is 0 Å². The summed E-state index contributed by atoms with van der Waals surface area (Å²) >= 11 is 0. The molecule has 0 fully saturated rings. The number of hydrogen-bond acceptors (Lipinski definition) is 4. The molecule has 4 heteroatoms. The first-order chi connectivity index (χ1) is 10.3. The zero-order chi connectivity index (χ0) is 14.5. The maximum Gasteiger partial charge on any atom is 0.0887 e. The highest BCUT2D eigenvalue weighted by atomic mass is 14.9. The Hall–Kier alpha value is -3.01. The number of rotatable bonds is 4. The van der Waals surface area contributed by atoms with Crippen LogP contribution in [0.3, 0.4) is 0 Å². The van der Waals surface area contributed by atoms with E-state index >= 15 is 0 Å². The van der Waals surface area contributed by atoms with E-state index in [2.05, 4.69) is 26.8 Å². The molecule has 0 unspecified atom stereocenters. The van der Waals surface area contributed by atoms with Gasteiger partial charge in [-0.15, -0.1) is 0 Å². The molecular weight excluding hydrogens is 260 g/mol. The van der Waals surface area contributed by atoms with Crippen molar-refractivity contribution in [1.29, 1.82) is 0 Å². The molecule has 102 valence electrons. The first kappa shape index (κ1) is 13.0. The second-order valence-electron chi connectivity index (χ2n) is 4.49. The van der Waals surface area contributed by atoms with Crippen LogP contribution in [0.15, 0.2) is 73.8 Å². The maximum absolute atomic E-state index is 4.42. The fourth-order valence-electron chi connectivity index (χ4n) is 1.93. The van der Waals surface area contributed by atoms with Crippen LogP contribution >= 0.6 is 0 Å². The van der Waals surface area contributed by atoms with E-state index in [1.54, 1.807) is 24.8 Å². The molecule has 21 heavy (non-hydrogen) atoms. The highest BCUT2D eigenvalue weighted by molar-refractivity contribution is 5.75. The second kappa shape index (κ2) is 5.96. The minimum Gasteiger partial charge on any atom is -0.354 e. The number of anilines is 1. The molecule has 3 rings (SSSR count). The summed E-state index contributed by atoms with van der Waals surface area (Å²) in [5.74, 6) is 0. The topological polar surface area (TPSA) is 50.7 Å². The fourth-order valence-corrected chi connectivity index (χ4v) is 1.93. The predicted molar refractivity (Wildman–Crippen MR) is 84.4 cm³/mol. The molecule has 0 aliphatic rings. The van der Waals surface area contributed by atoms with Gasteiger partial charge in [-0.25, -0.2) is 0 Å². The third-order valence-corrected chi connectivity index (χ3v) is 3.01. The molecule has 4 nitrogen and oxygen atoms in total. The SMILES string of the molecule is C=C(Nc1ccc(-c2ccccn2)nc1)c1ccncc1. The number of pyridine rings is 3. The van der Waals surface area contributed by atoms with Gasteiger partial charge in [0, 0.05) is 29.9 Å². The van der Waals surface area contributed by atoms with E-state index in [9.17, 15) is 0 Å². The average molecular weight is 274 g/mol. The van der Waals surface area contributed by atoms with E-state index in [1.807, 2.05) is 42.5 Å². The molecule has 0 aromatic carbocycles. The Labute approximate surface area is 123 Å². The summed E-state index contributed by atoms with van der Waals surface area (Å²) in [7, 11) is 0. The van der Waals surface area contributed by atoms with Crippen molar-refractivity contribution < 1.29 is 0 Å². The smallest absolute Gasteiger partial charge is 0.0887 e. The van der Waals surface area contributed by atoms with Crippen molar-refractivity contribution in [2.24, 2.45) is 0 Å². The Morgan fingerprint density at radius 1 is 0.857 bits per heavy atom. The van der Waals surface area contributed by atoms with E-state index < -0.39 is 0 Å². The van der Waals surface area contributed by atoms with Crippen LogP contribution in [0.25, 0.3) is 17.1 Å². The van der Waals surface area contributed by atoms with Crippen molar-refractivity contribution in [3.63, 3.8) is 0 Å². The second-order valence-corrected chi connectivity index (χ2v) is 4.49. The molecule has 0 spiro atoms. The summed E-state index contributed by atoms with van der Waals surface area (Å²) < 4.78 is 0. The quantitative estimate of drug-likeness (QED) is 0.789. The van der Waals surface area contributed by atoms with Gasteiger partial charge in [0.1, 0.15) is 0 Å². The zero-order valence-corrected chi connectivity index (χ0v) is 11.4. The monoisotopic (exact) mass is 274 g/mol. The molecule has 1 N–H and O–H groups in total. The lowest BCUT2D eigenvalue weighted by Crippen LogP contribution is -1.98. The van der Waals surface area contributed by atoms with Crippen LogP contribution in [-0.2, 0) is 0 Å². The van der Waals surface area contributed by atoms with Crippen molar-refractivity contribution >= 4 is 11.4 Å². The number of hydrogen-bond donors (Lipinski definition) is 1. The van der Waals surface area contributed by atoms with Gasteiger partial charge in [0.25, 0.3) is 0 Å². The van der Waals surface area contributed by atoms with E-state index in [0.29, 0.717) is 0 Å². The minimum atomic E-state index is 0.810. The van der Waals surface area contributed by atoms with Crippen LogP contribution in [0, 0.1) is 0 Å². The number of nitrogens with zero attached hydrogens (tertiary/aromatic N) is 3. The van der Waals surface area contributed by atoms with Crippen LogP contribution in [-0.4, -0.2) is 15.0 Å². The van der Waals surface area contributed by atoms with Gasteiger partial charge < -0.3 is 5.32 Å². The van der Waals surface area contributed by atoms with Crippen molar-refractivity contribution in [3.8, 4) is 11.4 Å². The summed E-state index contributed by atoms with van der Waals surface area (Å²) in [6.07, 6.45) is 7.01. The van der Waals surface area contributed by atoms with Crippen LogP contribution in [0.2, 0.25) is 0 Å². The Morgan fingerprint density at radius 2 is 1.67 bits per heavy atom. The molecule has 3 aromatic heterocycles. The molecule has 3 aromatic rings. The summed E-state index contributed by atoms with van der Waals surface area (Å²) in [5.41, 5.74) is 4.40. The third kappa shape index (κ3) is 3.12. The van der Waals surface area contributed by atoms with Crippen molar-refractivity contribution in [3.05, 3.63) is 79.4 Å². The molecule has 0 aliphatic carbocycles. The summed E-state index contributed by atoms with van der Waals surface area (Å²) in [5, 5.41) is 3.23. The lowest BCUT2D eigenvalue weighted by atomic mass is 10.2. The van der Waals surface area contributed by atoms with Crippen molar-refractivity contribution in [1.82, 2.24) is 15.0 Å². The van der Waals surface area contributed by atoms with Gasteiger partial charge in [0.2, 0.25) is 0 Å². The molecule has 0 atom stereocenters. The Balaban J connectivity index is 1.75. The highest BCUT2D eigenvalue weighted by Crippen LogP contribution is 2.19. The van der Waals surface area contributed by atoms with Gasteiger partial charge >= 0.3 is 0 Å². The predicted octanol–water partition coefficient (Wildman–Crippen LogP) is 3.62. The largest absolute Gasteiger partial charge is 0.354 e. The van der Waals surface area contributed by atoms with Crippen LogP contribution < -0.4 is 5.32 Å². The van der Waals surface area contributed by atoms with Gasteiger partial charge in [0.05, 0.1) is 23.3 Å². The lowest BCUT2D eigenvalue weighted by molar-refractivity contribution is 1.25. The van der Waals surface area contributed by atoms with Gasteiger partial charge in [-0.05, 0) is 36.4 Å². The van der Waals surface area contributed by atoms with Gasteiger partial charge in [-0.3, -0.25) is 15.0 Å². The molecule has 0 saturated heterocycles. The third-order valence-electron chi connectivity index (χ3n) is 3.01. The average Bonchev–Trinajstić information content (AvgIpc) is 2.57. The van der Waals surface area contributed by atoms with Crippen LogP contribution in [0.1, 0.15) is 5.56 Å². The van der Waals surface area contributed by atoms with Crippen LogP contribution in [0.5, 0.6) is 0 Å². The standard InChI is InChI=1S/C17H14N4/c1-13(14-7-10-18-11-8-14)21-15-5-6-17(20-12-15)16-4-2-3-9-19-16/h2-12,21H,1H2. The Morgan fingerprint density at radius 3 is 2.33 bits per heavy atom. The van der Waals surface area contributed by atoms with Crippen LogP contribution in [0.4, 0.5) is 5.69 Å². The molecule has 0 radical (unpaired) electrons.